The van der Waals surface area contributed by atoms with Gasteiger partial charge in [0.2, 0.25) is 5.91 Å². The Balaban J connectivity index is 3.22. The number of carboxylic acids is 1. The van der Waals surface area contributed by atoms with Gasteiger partial charge in [-0.05, 0) is 30.9 Å². The zero-order valence-corrected chi connectivity index (χ0v) is 14.0. The van der Waals surface area contributed by atoms with E-state index in [1.54, 1.807) is 13.8 Å². The molecule has 126 valence electrons. The quantitative estimate of drug-likeness (QED) is 0.643. The van der Waals surface area contributed by atoms with Crippen LogP contribution >= 0.6 is 11.6 Å². The molecule has 0 aromatic carbocycles. The molecule has 0 aliphatic rings. The predicted molar refractivity (Wildman–Crippen MR) is 85.5 cm³/mol. The van der Waals surface area contributed by atoms with Gasteiger partial charge in [-0.15, -0.1) is 11.6 Å². The van der Waals surface area contributed by atoms with Gasteiger partial charge in [-0.2, -0.15) is 0 Å². The highest BCUT2D eigenvalue weighted by Gasteiger charge is 2.37. The monoisotopic (exact) mass is 341 g/mol. The van der Waals surface area contributed by atoms with Crippen molar-refractivity contribution in [1.82, 2.24) is 10.3 Å². The SMILES string of the molecule is CC(C)C(C)(NC(=O)c1ncc(CCCl)cc1C(=O)O)C(N)=O. The molecular weight excluding hydrogens is 322 g/mol. The molecule has 1 heterocycles. The van der Waals surface area contributed by atoms with Crippen molar-refractivity contribution in [2.45, 2.75) is 32.7 Å². The largest absolute Gasteiger partial charge is 0.478 e. The van der Waals surface area contributed by atoms with Gasteiger partial charge in [0, 0.05) is 12.1 Å². The fraction of sp³-hybridized carbons (Fsp3) is 0.467. The van der Waals surface area contributed by atoms with E-state index in [1.165, 1.54) is 19.2 Å². The van der Waals surface area contributed by atoms with Gasteiger partial charge in [0.15, 0.2) is 0 Å². The summed E-state index contributed by atoms with van der Waals surface area (Å²) in [5.74, 6) is -2.75. The molecule has 23 heavy (non-hydrogen) atoms. The van der Waals surface area contributed by atoms with Crippen LogP contribution in [0, 0.1) is 5.92 Å². The zero-order chi connectivity index (χ0) is 17.8. The lowest BCUT2D eigenvalue weighted by atomic mass is 9.87. The number of amides is 2. The van der Waals surface area contributed by atoms with Crippen LogP contribution in [0.1, 0.15) is 47.2 Å². The fourth-order valence-electron chi connectivity index (χ4n) is 1.88. The molecule has 1 atom stereocenters. The second-order valence-electron chi connectivity index (χ2n) is 5.66. The highest BCUT2D eigenvalue weighted by atomic mass is 35.5. The molecule has 1 unspecified atom stereocenters. The van der Waals surface area contributed by atoms with Gasteiger partial charge in [0.05, 0.1) is 5.56 Å². The smallest absolute Gasteiger partial charge is 0.338 e. The standard InChI is InChI=1S/C15H20ClN3O4/c1-8(2)15(3,14(17)23)19-12(20)11-10(13(21)22)6-9(4-5-16)7-18-11/h6-8H,4-5H2,1-3H3,(H2,17,23)(H,19,20)(H,21,22). The molecule has 1 aromatic rings. The molecule has 0 aliphatic carbocycles. The van der Waals surface area contributed by atoms with Gasteiger partial charge in [-0.3, -0.25) is 9.59 Å². The molecule has 7 nitrogen and oxygen atoms in total. The van der Waals surface area contributed by atoms with Gasteiger partial charge >= 0.3 is 5.97 Å². The van der Waals surface area contributed by atoms with Crippen LogP contribution in [0.4, 0.5) is 0 Å². The third kappa shape index (κ3) is 4.19. The van der Waals surface area contributed by atoms with Crippen molar-refractivity contribution in [3.8, 4) is 0 Å². The molecule has 0 saturated carbocycles. The van der Waals surface area contributed by atoms with Gasteiger partial charge in [-0.25, -0.2) is 9.78 Å². The number of nitrogens with two attached hydrogens (primary N) is 1. The van der Waals surface area contributed by atoms with Crippen molar-refractivity contribution in [1.29, 1.82) is 0 Å². The summed E-state index contributed by atoms with van der Waals surface area (Å²) >= 11 is 5.62. The van der Waals surface area contributed by atoms with E-state index in [2.05, 4.69) is 10.3 Å². The second-order valence-corrected chi connectivity index (χ2v) is 6.04. The van der Waals surface area contributed by atoms with Crippen molar-refractivity contribution >= 4 is 29.4 Å². The topological polar surface area (TPSA) is 122 Å². The maximum absolute atomic E-state index is 12.4. The minimum atomic E-state index is -1.32. The first-order valence-electron chi connectivity index (χ1n) is 7.04. The lowest BCUT2D eigenvalue weighted by molar-refractivity contribution is -0.125. The molecule has 0 spiro atoms. The number of carbonyl (C=O) groups excluding carboxylic acids is 2. The second kappa shape index (κ2) is 7.41. The third-order valence-corrected chi connectivity index (χ3v) is 4.00. The van der Waals surface area contributed by atoms with Crippen LogP contribution in [0.3, 0.4) is 0 Å². The molecule has 1 aromatic heterocycles. The van der Waals surface area contributed by atoms with Gasteiger partial charge in [0.1, 0.15) is 11.2 Å². The third-order valence-electron chi connectivity index (χ3n) is 3.81. The highest BCUT2D eigenvalue weighted by Crippen LogP contribution is 2.18. The fourth-order valence-corrected chi connectivity index (χ4v) is 2.10. The van der Waals surface area contributed by atoms with Crippen LogP contribution in [-0.2, 0) is 11.2 Å². The number of alkyl halides is 1. The van der Waals surface area contributed by atoms with Gasteiger partial charge < -0.3 is 16.2 Å². The minimum Gasteiger partial charge on any atom is -0.478 e. The molecule has 0 radical (unpaired) electrons. The normalized spacial score (nSPS) is 13.4. The van der Waals surface area contributed by atoms with Crippen LogP contribution in [0.2, 0.25) is 0 Å². The number of aromatic nitrogens is 1. The summed E-state index contributed by atoms with van der Waals surface area (Å²) in [7, 11) is 0. The number of rotatable bonds is 7. The Kier molecular flexibility index (Phi) is 6.09. The van der Waals surface area contributed by atoms with Crippen molar-refractivity contribution < 1.29 is 19.5 Å². The van der Waals surface area contributed by atoms with Crippen LogP contribution in [-0.4, -0.2) is 39.3 Å². The summed E-state index contributed by atoms with van der Waals surface area (Å²) in [6, 6.07) is 1.35. The summed E-state index contributed by atoms with van der Waals surface area (Å²) in [6.45, 7) is 4.93. The summed E-state index contributed by atoms with van der Waals surface area (Å²) in [6.07, 6.45) is 1.82. The number of carboxylic acid groups (broad SMARTS) is 1. The van der Waals surface area contributed by atoms with Crippen molar-refractivity contribution in [3.63, 3.8) is 0 Å². The molecule has 0 saturated heterocycles. The van der Waals surface area contributed by atoms with Crippen LogP contribution in [0.15, 0.2) is 12.3 Å². The van der Waals surface area contributed by atoms with Crippen LogP contribution in [0.5, 0.6) is 0 Å². The summed E-state index contributed by atoms with van der Waals surface area (Å²) in [5.41, 5.74) is 4.12. The zero-order valence-electron chi connectivity index (χ0n) is 13.2. The Morgan fingerprint density at radius 1 is 1.43 bits per heavy atom. The first-order chi connectivity index (χ1) is 10.6. The van der Waals surface area contributed by atoms with E-state index in [0.29, 0.717) is 17.9 Å². The Labute approximate surface area is 139 Å². The Hall–Kier alpha value is -2.15. The number of aryl methyl sites for hydroxylation is 1. The van der Waals surface area contributed by atoms with E-state index in [-0.39, 0.29) is 17.2 Å². The molecule has 1 rings (SSSR count). The number of hydrogen-bond donors (Lipinski definition) is 3. The van der Waals surface area contributed by atoms with Crippen molar-refractivity contribution in [3.05, 3.63) is 29.1 Å². The maximum atomic E-state index is 12.4. The Bertz CT molecular complexity index is 633. The number of pyridine rings is 1. The van der Waals surface area contributed by atoms with E-state index in [1.807, 2.05) is 0 Å². The minimum absolute atomic E-state index is 0.249. The van der Waals surface area contributed by atoms with E-state index >= 15 is 0 Å². The number of halogens is 1. The van der Waals surface area contributed by atoms with E-state index in [9.17, 15) is 19.5 Å². The number of carbonyl (C=O) groups is 3. The Morgan fingerprint density at radius 3 is 2.48 bits per heavy atom. The molecule has 0 aliphatic heterocycles. The number of aromatic carboxylic acids is 1. The number of nitrogens with one attached hydrogen (secondary N) is 1. The maximum Gasteiger partial charge on any atom is 0.338 e. The predicted octanol–water partition coefficient (Wildman–Crippen LogP) is 1.19. The van der Waals surface area contributed by atoms with Crippen LogP contribution < -0.4 is 11.1 Å². The Morgan fingerprint density at radius 2 is 2.04 bits per heavy atom. The molecular formula is C15H20ClN3O4. The highest BCUT2D eigenvalue weighted by molar-refractivity contribution is 6.18. The van der Waals surface area contributed by atoms with Crippen molar-refractivity contribution in [2.24, 2.45) is 11.7 Å². The van der Waals surface area contributed by atoms with Gasteiger partial charge in [-0.1, -0.05) is 13.8 Å². The molecule has 0 bridgehead atoms. The molecule has 0 fully saturated rings. The summed E-state index contributed by atoms with van der Waals surface area (Å²) < 4.78 is 0. The number of primary amides is 1. The van der Waals surface area contributed by atoms with E-state index in [4.69, 9.17) is 17.3 Å². The van der Waals surface area contributed by atoms with Crippen LogP contribution in [0.25, 0.3) is 0 Å². The summed E-state index contributed by atoms with van der Waals surface area (Å²) in [4.78, 5) is 39.3. The lowest BCUT2D eigenvalue weighted by Gasteiger charge is -2.31. The van der Waals surface area contributed by atoms with Crippen molar-refractivity contribution in [2.75, 3.05) is 5.88 Å². The molecule has 2 amide bonds. The average Bonchev–Trinajstić information content (AvgIpc) is 2.46. The average molecular weight is 342 g/mol. The summed E-state index contributed by atoms with van der Waals surface area (Å²) in [5, 5.41) is 11.8. The first-order valence-corrected chi connectivity index (χ1v) is 7.57. The first kappa shape index (κ1) is 18.9. The molecule has 4 N–H and O–H groups in total. The van der Waals surface area contributed by atoms with E-state index in [0.717, 1.165) is 0 Å². The van der Waals surface area contributed by atoms with E-state index < -0.39 is 23.3 Å². The number of hydrogen-bond acceptors (Lipinski definition) is 4. The van der Waals surface area contributed by atoms with Gasteiger partial charge in [0.25, 0.3) is 5.91 Å². The lowest BCUT2D eigenvalue weighted by Crippen LogP contribution is -2.58. The number of nitrogens with zero attached hydrogens (tertiary/aromatic N) is 1. The molecule has 8 heteroatoms.